The minimum Gasteiger partial charge on any atom is -0.465 e. The maximum absolute atomic E-state index is 14.6. The summed E-state index contributed by atoms with van der Waals surface area (Å²) < 4.78 is 19.7. The van der Waals surface area contributed by atoms with Crippen LogP contribution < -0.4 is 16.0 Å². The fraction of sp³-hybridized carbons (Fsp3) is 0.146. The van der Waals surface area contributed by atoms with E-state index in [1.165, 1.54) is 61.4 Å². The molecule has 54 heavy (non-hydrogen) atoms. The average molecular weight is 763 g/mol. The van der Waals surface area contributed by atoms with Gasteiger partial charge in [0, 0.05) is 40.1 Å². The van der Waals surface area contributed by atoms with Gasteiger partial charge in [-0.1, -0.05) is 72.8 Å². The zero-order valence-electron chi connectivity index (χ0n) is 29.3. The van der Waals surface area contributed by atoms with Gasteiger partial charge in [-0.15, -0.1) is 23.1 Å². The van der Waals surface area contributed by atoms with Crippen molar-refractivity contribution in [3.05, 3.63) is 153 Å². The van der Waals surface area contributed by atoms with Crippen LogP contribution in [0.4, 0.5) is 15.1 Å². The van der Waals surface area contributed by atoms with Crippen molar-refractivity contribution in [1.82, 2.24) is 10.2 Å². The lowest BCUT2D eigenvalue weighted by atomic mass is 10.0. The zero-order chi connectivity index (χ0) is 38.2. The molecule has 274 valence electrons. The standard InChI is InChI=1S/C41H35FN4O6S2/c1-25(47)46-21-20-31-34(24-46)54-40(35(31)41(51)52-2)45-39(50)36(26-12-5-3-6-13-26)53-30-18-11-17-29(23-30)43-38(49)33(22-28-16-9-10-19-32(28)42)44-37(48)27-14-7-4-8-15-27/h3-19,22-23,36H,20-21,24H2,1-2H3,(H,43,49)(H,44,48)(H,45,50)/b33-22-. The molecule has 1 aromatic heterocycles. The van der Waals surface area contributed by atoms with E-state index in [2.05, 4.69) is 16.0 Å². The summed E-state index contributed by atoms with van der Waals surface area (Å²) in [6.45, 7) is 2.28. The molecule has 0 bridgehead atoms. The van der Waals surface area contributed by atoms with Crippen LogP contribution in [0, 0.1) is 5.82 Å². The van der Waals surface area contributed by atoms with E-state index >= 15 is 0 Å². The first-order valence-corrected chi connectivity index (χ1v) is 18.6. The largest absolute Gasteiger partial charge is 0.465 e. The molecule has 0 saturated heterocycles. The number of hydrogen-bond acceptors (Lipinski definition) is 8. The summed E-state index contributed by atoms with van der Waals surface area (Å²) in [4.78, 5) is 69.1. The second-order valence-electron chi connectivity index (χ2n) is 12.2. The molecule has 1 atom stereocenters. The molecule has 0 fully saturated rings. The first-order chi connectivity index (χ1) is 26.1. The maximum Gasteiger partial charge on any atom is 0.341 e. The molecule has 1 unspecified atom stereocenters. The molecule has 0 radical (unpaired) electrons. The van der Waals surface area contributed by atoms with E-state index in [4.69, 9.17) is 4.74 Å². The topological polar surface area (TPSA) is 134 Å². The van der Waals surface area contributed by atoms with Crippen LogP contribution in [0.25, 0.3) is 6.08 Å². The van der Waals surface area contributed by atoms with Gasteiger partial charge >= 0.3 is 5.97 Å². The van der Waals surface area contributed by atoms with E-state index in [9.17, 15) is 28.4 Å². The van der Waals surface area contributed by atoms with E-state index in [-0.39, 0.29) is 22.7 Å². The normalized spacial score (nSPS) is 12.9. The summed E-state index contributed by atoms with van der Waals surface area (Å²) >= 11 is 2.48. The molecule has 0 spiro atoms. The maximum atomic E-state index is 14.6. The Morgan fingerprint density at radius 1 is 0.889 bits per heavy atom. The Morgan fingerprint density at radius 2 is 1.59 bits per heavy atom. The quantitative estimate of drug-likeness (QED) is 0.0723. The molecule has 0 aliphatic carbocycles. The molecular weight excluding hydrogens is 728 g/mol. The van der Waals surface area contributed by atoms with E-state index in [1.54, 1.807) is 65.6 Å². The molecule has 3 N–H and O–H groups in total. The molecule has 0 saturated carbocycles. The van der Waals surface area contributed by atoms with Crippen molar-refractivity contribution in [2.24, 2.45) is 0 Å². The highest BCUT2D eigenvalue weighted by molar-refractivity contribution is 8.00. The number of hydrogen-bond donors (Lipinski definition) is 3. The van der Waals surface area contributed by atoms with Crippen LogP contribution in [0.1, 0.15) is 54.5 Å². The number of esters is 1. The number of thiophene rings is 1. The molecule has 5 aromatic rings. The van der Waals surface area contributed by atoms with E-state index < -0.39 is 34.8 Å². The second-order valence-corrected chi connectivity index (χ2v) is 14.5. The first kappa shape index (κ1) is 37.7. The number of rotatable bonds is 11. The van der Waals surface area contributed by atoms with Gasteiger partial charge in [0.15, 0.2) is 0 Å². The smallest absolute Gasteiger partial charge is 0.341 e. The number of nitrogens with one attached hydrogen (secondary N) is 3. The highest BCUT2D eigenvalue weighted by Gasteiger charge is 2.32. The van der Waals surface area contributed by atoms with E-state index in [0.29, 0.717) is 46.2 Å². The lowest BCUT2D eigenvalue weighted by Gasteiger charge is -2.25. The number of methoxy groups -OCH3 is 1. The predicted octanol–water partition coefficient (Wildman–Crippen LogP) is 7.46. The van der Waals surface area contributed by atoms with E-state index in [0.717, 1.165) is 10.4 Å². The Balaban J connectivity index is 1.25. The van der Waals surface area contributed by atoms with Crippen LogP contribution in [0.5, 0.6) is 0 Å². The van der Waals surface area contributed by atoms with Gasteiger partial charge in [-0.25, -0.2) is 9.18 Å². The van der Waals surface area contributed by atoms with Crippen LogP contribution in [0.3, 0.4) is 0 Å². The third kappa shape index (κ3) is 8.93. The van der Waals surface area contributed by atoms with Crippen LogP contribution >= 0.6 is 23.1 Å². The SMILES string of the molecule is COC(=O)c1c(NC(=O)C(Sc2cccc(NC(=O)/C(=C/c3ccccc3F)NC(=O)c3ccccc3)c2)c2ccccc2)sc2c1CCN(C(C)=O)C2. The van der Waals surface area contributed by atoms with Gasteiger partial charge in [0.25, 0.3) is 11.8 Å². The number of carbonyl (C=O) groups is 5. The van der Waals surface area contributed by atoms with Crippen LogP contribution in [0.2, 0.25) is 0 Å². The third-order valence-corrected chi connectivity index (χ3v) is 10.9. The van der Waals surface area contributed by atoms with Crippen LogP contribution in [0.15, 0.2) is 120 Å². The van der Waals surface area contributed by atoms with Crippen molar-refractivity contribution in [2.45, 2.75) is 30.0 Å². The van der Waals surface area contributed by atoms with Crippen molar-refractivity contribution < 1.29 is 33.1 Å². The van der Waals surface area contributed by atoms with Crippen molar-refractivity contribution in [3.8, 4) is 0 Å². The number of ether oxygens (including phenoxy) is 1. The van der Waals surface area contributed by atoms with Crippen molar-refractivity contribution in [1.29, 1.82) is 0 Å². The summed E-state index contributed by atoms with van der Waals surface area (Å²) in [5, 5.41) is 7.93. The Morgan fingerprint density at radius 3 is 2.30 bits per heavy atom. The Labute approximate surface area is 319 Å². The summed E-state index contributed by atoms with van der Waals surface area (Å²) in [5.74, 6) is -2.86. The third-order valence-electron chi connectivity index (χ3n) is 8.55. The Hall–Kier alpha value is -6.05. The van der Waals surface area contributed by atoms with Crippen molar-refractivity contribution in [2.75, 3.05) is 24.3 Å². The molecule has 4 amide bonds. The summed E-state index contributed by atoms with van der Waals surface area (Å²) in [5.41, 5.74) is 2.34. The fourth-order valence-corrected chi connectivity index (χ4v) is 8.17. The number of carbonyl (C=O) groups excluding carboxylic acids is 5. The number of anilines is 2. The van der Waals surface area contributed by atoms with Crippen LogP contribution in [-0.2, 0) is 32.1 Å². The molecule has 1 aliphatic heterocycles. The number of nitrogens with zero attached hydrogens (tertiary/aromatic N) is 1. The minimum atomic E-state index is -0.794. The first-order valence-electron chi connectivity index (χ1n) is 16.9. The summed E-state index contributed by atoms with van der Waals surface area (Å²) in [6.07, 6.45) is 1.72. The zero-order valence-corrected chi connectivity index (χ0v) is 30.9. The van der Waals surface area contributed by atoms with Crippen molar-refractivity contribution in [3.63, 3.8) is 0 Å². The fourth-order valence-electron chi connectivity index (χ4n) is 5.83. The number of benzene rings is 4. The van der Waals surface area contributed by atoms with E-state index in [1.807, 2.05) is 30.3 Å². The van der Waals surface area contributed by atoms with Gasteiger partial charge in [0.1, 0.15) is 21.8 Å². The molecular formula is C41H35FN4O6S2. The monoisotopic (exact) mass is 762 g/mol. The second kappa shape index (κ2) is 17.2. The highest BCUT2D eigenvalue weighted by Crippen LogP contribution is 2.41. The van der Waals surface area contributed by atoms with Gasteiger partial charge < -0.3 is 25.6 Å². The van der Waals surface area contributed by atoms with Gasteiger partial charge in [-0.3, -0.25) is 19.2 Å². The minimum absolute atomic E-state index is 0.0764. The van der Waals surface area contributed by atoms with Gasteiger partial charge in [0.2, 0.25) is 11.8 Å². The van der Waals surface area contributed by atoms with Gasteiger partial charge in [-0.2, -0.15) is 0 Å². The number of thioether (sulfide) groups is 1. The molecule has 4 aromatic carbocycles. The lowest BCUT2D eigenvalue weighted by molar-refractivity contribution is -0.129. The highest BCUT2D eigenvalue weighted by atomic mass is 32.2. The molecule has 1 aliphatic rings. The Kier molecular flexibility index (Phi) is 12.0. The van der Waals surface area contributed by atoms with Crippen molar-refractivity contribution >= 4 is 69.5 Å². The number of fused-ring (bicyclic) bond motifs is 1. The number of amides is 4. The van der Waals surface area contributed by atoms with Gasteiger partial charge in [0.05, 0.1) is 19.2 Å². The van der Waals surface area contributed by atoms with Gasteiger partial charge in [-0.05, 0) is 60.0 Å². The molecule has 6 rings (SSSR count). The number of halogens is 1. The molecule has 10 nitrogen and oxygen atoms in total. The lowest BCUT2D eigenvalue weighted by Crippen LogP contribution is -2.33. The molecule has 13 heteroatoms. The van der Waals surface area contributed by atoms with Crippen LogP contribution in [-0.4, -0.2) is 48.2 Å². The summed E-state index contributed by atoms with van der Waals surface area (Å²) in [6, 6.07) is 30.2. The Bertz CT molecular complexity index is 2240. The summed E-state index contributed by atoms with van der Waals surface area (Å²) in [7, 11) is 1.28. The average Bonchev–Trinajstić information content (AvgIpc) is 3.54. The predicted molar refractivity (Wildman–Crippen MR) is 207 cm³/mol. The molecule has 2 heterocycles.